The number of amides is 1. The van der Waals surface area contributed by atoms with Crippen molar-refractivity contribution in [2.45, 2.75) is 32.9 Å². The van der Waals surface area contributed by atoms with Crippen LogP contribution >= 0.6 is 0 Å². The molecule has 0 aliphatic heterocycles. The van der Waals surface area contributed by atoms with E-state index in [0.717, 1.165) is 22.2 Å². The fourth-order valence-corrected chi connectivity index (χ4v) is 2.28. The molecule has 6 heteroatoms. The molecule has 24 heavy (non-hydrogen) atoms. The Kier molecular flexibility index (Phi) is 4.20. The van der Waals surface area contributed by atoms with Crippen LogP contribution < -0.4 is 5.32 Å². The standard InChI is InChI=1S/C18H20N4O2/c1-18(2,3)24-17(23)21-11-16-20-10-15(22-16)13-8-12-6-4-5-7-14(12)19-9-13/h4-10H,11H2,1-3H3,(H,20,22)(H,21,23). The first-order valence-corrected chi connectivity index (χ1v) is 7.77. The Hall–Kier alpha value is -2.89. The van der Waals surface area contributed by atoms with Gasteiger partial charge in [0.2, 0.25) is 0 Å². The number of alkyl carbamates (subject to hydrolysis) is 1. The summed E-state index contributed by atoms with van der Waals surface area (Å²) in [6.07, 6.45) is 3.13. The Bertz CT molecular complexity index is 865. The molecule has 124 valence electrons. The fourth-order valence-electron chi connectivity index (χ4n) is 2.28. The van der Waals surface area contributed by atoms with Crippen LogP contribution in [-0.2, 0) is 11.3 Å². The SMILES string of the molecule is CC(C)(C)OC(=O)NCc1nc(-c2cnc3ccccc3c2)c[nH]1. The molecular formula is C18H20N4O2. The molecular weight excluding hydrogens is 304 g/mol. The van der Waals surface area contributed by atoms with Crippen LogP contribution in [-0.4, -0.2) is 26.6 Å². The van der Waals surface area contributed by atoms with Gasteiger partial charge in [-0.1, -0.05) is 18.2 Å². The minimum Gasteiger partial charge on any atom is -0.444 e. The van der Waals surface area contributed by atoms with E-state index in [9.17, 15) is 4.79 Å². The molecule has 0 saturated heterocycles. The van der Waals surface area contributed by atoms with Crippen molar-refractivity contribution in [3.8, 4) is 11.3 Å². The second-order valence-corrected chi connectivity index (χ2v) is 6.50. The summed E-state index contributed by atoms with van der Waals surface area (Å²) in [4.78, 5) is 23.7. The summed E-state index contributed by atoms with van der Waals surface area (Å²) in [7, 11) is 0. The number of nitrogens with one attached hydrogen (secondary N) is 2. The molecule has 3 aromatic rings. The lowest BCUT2D eigenvalue weighted by Crippen LogP contribution is -2.32. The number of ether oxygens (including phenoxy) is 1. The Labute approximate surface area is 140 Å². The van der Waals surface area contributed by atoms with Gasteiger partial charge in [0.05, 0.1) is 17.8 Å². The number of para-hydroxylation sites is 1. The highest BCUT2D eigenvalue weighted by Crippen LogP contribution is 2.21. The number of benzene rings is 1. The van der Waals surface area contributed by atoms with Crippen LogP contribution in [0.1, 0.15) is 26.6 Å². The zero-order valence-electron chi connectivity index (χ0n) is 14.0. The summed E-state index contributed by atoms with van der Waals surface area (Å²) >= 11 is 0. The van der Waals surface area contributed by atoms with E-state index in [0.29, 0.717) is 5.82 Å². The Morgan fingerprint density at radius 1 is 1.29 bits per heavy atom. The van der Waals surface area contributed by atoms with E-state index < -0.39 is 11.7 Å². The fraction of sp³-hybridized carbons (Fsp3) is 0.278. The number of aromatic amines is 1. The number of imidazole rings is 1. The molecule has 0 aliphatic carbocycles. The summed E-state index contributed by atoms with van der Waals surface area (Å²) in [5.41, 5.74) is 2.14. The van der Waals surface area contributed by atoms with Gasteiger partial charge in [-0.25, -0.2) is 9.78 Å². The molecule has 0 aliphatic rings. The van der Waals surface area contributed by atoms with Gasteiger partial charge in [0.25, 0.3) is 0 Å². The predicted molar refractivity (Wildman–Crippen MR) is 92.4 cm³/mol. The maximum Gasteiger partial charge on any atom is 0.408 e. The second kappa shape index (κ2) is 6.31. The highest BCUT2D eigenvalue weighted by molar-refractivity contribution is 5.82. The molecule has 2 N–H and O–H groups in total. The average molecular weight is 324 g/mol. The number of fused-ring (bicyclic) bond motifs is 1. The van der Waals surface area contributed by atoms with E-state index in [2.05, 4.69) is 20.3 Å². The molecule has 0 unspecified atom stereocenters. The quantitative estimate of drug-likeness (QED) is 0.770. The highest BCUT2D eigenvalue weighted by atomic mass is 16.6. The van der Waals surface area contributed by atoms with Crippen LogP contribution in [0, 0.1) is 0 Å². The molecule has 0 saturated carbocycles. The number of aromatic nitrogens is 3. The lowest BCUT2D eigenvalue weighted by Gasteiger charge is -2.19. The highest BCUT2D eigenvalue weighted by Gasteiger charge is 2.16. The van der Waals surface area contributed by atoms with Crippen molar-refractivity contribution >= 4 is 17.0 Å². The zero-order chi connectivity index (χ0) is 17.2. The number of carbonyl (C=O) groups is 1. The number of hydrogen-bond acceptors (Lipinski definition) is 4. The maximum absolute atomic E-state index is 11.7. The molecule has 0 radical (unpaired) electrons. The van der Waals surface area contributed by atoms with E-state index >= 15 is 0 Å². The van der Waals surface area contributed by atoms with E-state index in [1.165, 1.54) is 0 Å². The van der Waals surface area contributed by atoms with Crippen LogP contribution in [0.4, 0.5) is 4.79 Å². The number of pyridine rings is 1. The van der Waals surface area contributed by atoms with Crippen molar-refractivity contribution in [3.63, 3.8) is 0 Å². The van der Waals surface area contributed by atoms with Gasteiger partial charge in [-0.05, 0) is 32.9 Å². The van der Waals surface area contributed by atoms with Gasteiger partial charge in [-0.2, -0.15) is 0 Å². The topological polar surface area (TPSA) is 79.9 Å². The van der Waals surface area contributed by atoms with Gasteiger partial charge in [0.1, 0.15) is 11.4 Å². The van der Waals surface area contributed by atoms with Crippen LogP contribution in [0.5, 0.6) is 0 Å². The number of H-pyrrole nitrogens is 1. The molecule has 0 fully saturated rings. The maximum atomic E-state index is 11.7. The van der Waals surface area contributed by atoms with Gasteiger partial charge in [-0.15, -0.1) is 0 Å². The number of hydrogen-bond donors (Lipinski definition) is 2. The predicted octanol–water partition coefficient (Wildman–Crippen LogP) is 3.65. The molecule has 0 atom stereocenters. The first-order chi connectivity index (χ1) is 11.4. The summed E-state index contributed by atoms with van der Waals surface area (Å²) in [5.74, 6) is 0.656. The normalized spacial score (nSPS) is 11.5. The van der Waals surface area contributed by atoms with E-state index in [-0.39, 0.29) is 6.54 Å². The monoisotopic (exact) mass is 324 g/mol. The van der Waals surface area contributed by atoms with Crippen molar-refractivity contribution in [1.29, 1.82) is 0 Å². The van der Waals surface area contributed by atoms with Gasteiger partial charge in [0.15, 0.2) is 0 Å². The summed E-state index contributed by atoms with van der Waals surface area (Å²) in [5, 5.41) is 3.74. The number of rotatable bonds is 3. The van der Waals surface area contributed by atoms with E-state index in [1.807, 2.05) is 51.1 Å². The summed E-state index contributed by atoms with van der Waals surface area (Å²) < 4.78 is 5.20. The third-order valence-corrected chi connectivity index (χ3v) is 3.32. The Balaban J connectivity index is 1.69. The van der Waals surface area contributed by atoms with Crippen LogP contribution in [0.25, 0.3) is 22.2 Å². The smallest absolute Gasteiger partial charge is 0.408 e. The van der Waals surface area contributed by atoms with Gasteiger partial charge in [0, 0.05) is 23.3 Å². The Morgan fingerprint density at radius 3 is 2.88 bits per heavy atom. The molecule has 0 spiro atoms. The van der Waals surface area contributed by atoms with Crippen molar-refractivity contribution in [3.05, 3.63) is 48.5 Å². The van der Waals surface area contributed by atoms with Crippen LogP contribution in [0.15, 0.2) is 42.7 Å². The molecule has 2 aromatic heterocycles. The third kappa shape index (κ3) is 3.90. The second-order valence-electron chi connectivity index (χ2n) is 6.50. The van der Waals surface area contributed by atoms with Crippen LogP contribution in [0.2, 0.25) is 0 Å². The lowest BCUT2D eigenvalue weighted by molar-refractivity contribution is 0.0522. The van der Waals surface area contributed by atoms with Gasteiger partial charge >= 0.3 is 6.09 Å². The molecule has 6 nitrogen and oxygen atoms in total. The molecule has 0 bridgehead atoms. The van der Waals surface area contributed by atoms with Crippen molar-refractivity contribution in [1.82, 2.24) is 20.3 Å². The largest absolute Gasteiger partial charge is 0.444 e. The minimum atomic E-state index is -0.519. The van der Waals surface area contributed by atoms with Crippen molar-refractivity contribution < 1.29 is 9.53 Å². The van der Waals surface area contributed by atoms with Crippen molar-refractivity contribution in [2.24, 2.45) is 0 Å². The first-order valence-electron chi connectivity index (χ1n) is 7.77. The summed E-state index contributed by atoms with van der Waals surface area (Å²) in [6.45, 7) is 5.74. The molecule has 3 rings (SSSR count). The number of nitrogens with zero attached hydrogens (tertiary/aromatic N) is 2. The molecule has 2 heterocycles. The minimum absolute atomic E-state index is 0.274. The van der Waals surface area contributed by atoms with Gasteiger partial charge in [-0.3, -0.25) is 4.98 Å². The lowest BCUT2D eigenvalue weighted by atomic mass is 10.1. The van der Waals surface area contributed by atoms with Crippen molar-refractivity contribution in [2.75, 3.05) is 0 Å². The first kappa shape index (κ1) is 16.0. The van der Waals surface area contributed by atoms with E-state index in [1.54, 1.807) is 12.4 Å². The van der Waals surface area contributed by atoms with Gasteiger partial charge < -0.3 is 15.0 Å². The molecule has 1 amide bonds. The Morgan fingerprint density at radius 2 is 2.08 bits per heavy atom. The third-order valence-electron chi connectivity index (χ3n) is 3.32. The van der Waals surface area contributed by atoms with E-state index in [4.69, 9.17) is 4.74 Å². The average Bonchev–Trinajstić information content (AvgIpc) is 3.00. The zero-order valence-corrected chi connectivity index (χ0v) is 14.0. The molecule has 1 aromatic carbocycles. The van der Waals surface area contributed by atoms with Crippen LogP contribution in [0.3, 0.4) is 0 Å². The summed E-state index contributed by atoms with van der Waals surface area (Å²) in [6, 6.07) is 9.98. The number of carbonyl (C=O) groups excluding carboxylic acids is 1.